The van der Waals surface area contributed by atoms with E-state index in [1.807, 2.05) is 31.2 Å². The number of carbonyl (C=O) groups excluding carboxylic acids is 1. The molecule has 0 aliphatic heterocycles. The number of alkyl halides is 3. The Labute approximate surface area is 151 Å². The Kier molecular flexibility index (Phi) is 5.13. The van der Waals surface area contributed by atoms with E-state index in [4.69, 9.17) is 0 Å². The molecule has 1 aromatic heterocycles. The number of benzene rings is 2. The lowest BCUT2D eigenvalue weighted by molar-refractivity contribution is -0.159. The molecule has 0 aliphatic rings. The smallest absolute Gasteiger partial charge is 0.329 e. The third-order valence-electron chi connectivity index (χ3n) is 3.49. The highest BCUT2D eigenvalue weighted by atomic mass is 32.2. The van der Waals surface area contributed by atoms with E-state index in [2.05, 4.69) is 14.7 Å². The minimum Gasteiger partial charge on any atom is -0.329 e. The van der Waals surface area contributed by atoms with Crippen LogP contribution in [0, 0.1) is 6.92 Å². The van der Waals surface area contributed by atoms with Crippen molar-refractivity contribution in [2.45, 2.75) is 18.0 Å². The molecule has 1 heterocycles. The number of nitrogens with zero attached hydrogens (tertiary/aromatic N) is 2. The fraction of sp³-hybridized carbons (Fsp3) is 0.167. The van der Waals surface area contributed by atoms with Gasteiger partial charge < -0.3 is 4.52 Å². The van der Waals surface area contributed by atoms with Crippen LogP contribution in [-0.4, -0.2) is 21.7 Å². The zero-order valence-corrected chi connectivity index (χ0v) is 14.4. The molecule has 0 saturated carbocycles. The molecule has 26 heavy (non-hydrogen) atoms. The lowest BCUT2D eigenvalue weighted by Gasteiger charge is -2.03. The van der Waals surface area contributed by atoms with Gasteiger partial charge in [-0.2, -0.15) is 18.2 Å². The zero-order valence-electron chi connectivity index (χ0n) is 13.6. The minimum absolute atomic E-state index is 0.0767. The van der Waals surface area contributed by atoms with Crippen LogP contribution in [0.4, 0.5) is 13.2 Å². The molecule has 0 atom stereocenters. The second-order valence-corrected chi connectivity index (χ2v) is 6.58. The van der Waals surface area contributed by atoms with E-state index in [9.17, 15) is 18.0 Å². The van der Waals surface area contributed by atoms with Crippen LogP contribution >= 0.6 is 11.8 Å². The molecule has 3 aromatic rings. The number of ketones is 1. The second-order valence-electron chi connectivity index (χ2n) is 5.53. The first-order valence-electron chi connectivity index (χ1n) is 7.57. The molecular weight excluding hydrogens is 365 g/mol. The monoisotopic (exact) mass is 378 g/mol. The summed E-state index contributed by atoms with van der Waals surface area (Å²) in [4.78, 5) is 16.6. The van der Waals surface area contributed by atoms with Gasteiger partial charge in [0, 0.05) is 16.0 Å². The van der Waals surface area contributed by atoms with Gasteiger partial charge in [0.2, 0.25) is 5.82 Å². The number of rotatable bonds is 5. The molecule has 0 radical (unpaired) electrons. The summed E-state index contributed by atoms with van der Waals surface area (Å²) in [6.07, 6.45) is -4.69. The topological polar surface area (TPSA) is 56.0 Å². The van der Waals surface area contributed by atoms with E-state index in [1.165, 1.54) is 36.0 Å². The van der Waals surface area contributed by atoms with E-state index in [-0.39, 0.29) is 17.4 Å². The van der Waals surface area contributed by atoms with Crippen LogP contribution in [0.15, 0.2) is 57.9 Å². The maximum absolute atomic E-state index is 12.5. The molecule has 0 saturated heterocycles. The number of aryl methyl sites for hydroxylation is 1. The van der Waals surface area contributed by atoms with Crippen molar-refractivity contribution >= 4 is 17.5 Å². The van der Waals surface area contributed by atoms with E-state index in [0.717, 1.165) is 10.5 Å². The van der Waals surface area contributed by atoms with Crippen LogP contribution in [0.25, 0.3) is 11.4 Å². The summed E-state index contributed by atoms with van der Waals surface area (Å²) in [5.74, 6) is -1.39. The molecule has 8 heteroatoms. The second kappa shape index (κ2) is 7.33. The molecule has 0 N–H and O–H groups in total. The highest BCUT2D eigenvalue weighted by Crippen LogP contribution is 2.29. The van der Waals surface area contributed by atoms with Gasteiger partial charge in [-0.1, -0.05) is 47.1 Å². The third kappa shape index (κ3) is 4.32. The fourth-order valence-corrected chi connectivity index (χ4v) is 3.11. The van der Waals surface area contributed by atoms with E-state index in [0.29, 0.717) is 11.1 Å². The van der Waals surface area contributed by atoms with Gasteiger partial charge in [0.1, 0.15) is 0 Å². The molecular formula is C18H13F3N2O2S. The van der Waals surface area contributed by atoms with Gasteiger partial charge in [0.15, 0.2) is 5.78 Å². The predicted molar refractivity (Wildman–Crippen MR) is 91.0 cm³/mol. The summed E-state index contributed by atoms with van der Waals surface area (Å²) >= 11 is 1.43. The Hall–Kier alpha value is -2.61. The fourth-order valence-electron chi connectivity index (χ4n) is 2.20. The lowest BCUT2D eigenvalue weighted by atomic mass is 10.1. The van der Waals surface area contributed by atoms with Gasteiger partial charge in [-0.15, -0.1) is 11.8 Å². The molecule has 0 bridgehead atoms. The molecule has 0 unspecified atom stereocenters. The molecule has 0 amide bonds. The number of thioether (sulfide) groups is 1. The highest BCUT2D eigenvalue weighted by Gasteiger charge is 2.38. The highest BCUT2D eigenvalue weighted by molar-refractivity contribution is 8.00. The zero-order chi connectivity index (χ0) is 18.7. The summed E-state index contributed by atoms with van der Waals surface area (Å²) in [6, 6.07) is 13.9. The SMILES string of the molecule is Cc1cccc(SCC(=O)c2ccc(-c3noc(C(F)(F)F)n3)cc2)c1. The van der Waals surface area contributed by atoms with Gasteiger partial charge in [0.05, 0.1) is 5.75 Å². The van der Waals surface area contributed by atoms with E-state index < -0.39 is 12.1 Å². The first-order valence-corrected chi connectivity index (χ1v) is 8.55. The summed E-state index contributed by atoms with van der Waals surface area (Å²) in [7, 11) is 0. The molecule has 134 valence electrons. The normalized spacial score (nSPS) is 11.5. The summed E-state index contributed by atoms with van der Waals surface area (Å²) < 4.78 is 41.7. The average Bonchev–Trinajstić information content (AvgIpc) is 3.10. The van der Waals surface area contributed by atoms with Crippen molar-refractivity contribution in [1.82, 2.24) is 10.1 Å². The Bertz CT molecular complexity index is 921. The van der Waals surface area contributed by atoms with Crippen molar-refractivity contribution in [3.8, 4) is 11.4 Å². The van der Waals surface area contributed by atoms with Crippen molar-refractivity contribution < 1.29 is 22.5 Å². The molecule has 0 aliphatic carbocycles. The van der Waals surface area contributed by atoms with Crippen molar-refractivity contribution in [2.75, 3.05) is 5.75 Å². The van der Waals surface area contributed by atoms with Gasteiger partial charge in [0.25, 0.3) is 0 Å². The standard InChI is InChI=1S/C18H13F3N2O2S/c1-11-3-2-4-14(9-11)26-10-15(24)12-5-7-13(8-6-12)16-22-17(25-23-16)18(19,20)21/h2-9H,10H2,1H3. The number of aromatic nitrogens is 2. The number of halogens is 3. The van der Waals surface area contributed by atoms with Crippen LogP contribution in [-0.2, 0) is 6.18 Å². The van der Waals surface area contributed by atoms with Crippen LogP contribution in [0.2, 0.25) is 0 Å². The quantitative estimate of drug-likeness (QED) is 0.460. The molecule has 0 spiro atoms. The molecule has 0 fully saturated rings. The Morgan fingerprint density at radius 3 is 2.50 bits per heavy atom. The van der Waals surface area contributed by atoms with Crippen molar-refractivity contribution in [3.63, 3.8) is 0 Å². The van der Waals surface area contributed by atoms with E-state index >= 15 is 0 Å². The lowest BCUT2D eigenvalue weighted by Crippen LogP contribution is -2.05. The van der Waals surface area contributed by atoms with Crippen molar-refractivity contribution in [2.24, 2.45) is 0 Å². The first kappa shape index (κ1) is 18.2. The summed E-state index contributed by atoms with van der Waals surface area (Å²) in [5.41, 5.74) is 1.92. The van der Waals surface area contributed by atoms with Gasteiger partial charge >= 0.3 is 12.1 Å². The van der Waals surface area contributed by atoms with Crippen LogP contribution in [0.5, 0.6) is 0 Å². The number of hydrogen-bond acceptors (Lipinski definition) is 5. The van der Waals surface area contributed by atoms with Crippen molar-refractivity contribution in [3.05, 3.63) is 65.5 Å². The Morgan fingerprint density at radius 1 is 1.15 bits per heavy atom. The average molecular weight is 378 g/mol. The first-order chi connectivity index (χ1) is 12.3. The minimum atomic E-state index is -4.69. The number of Topliss-reactive ketones (excluding diaryl/α,β-unsaturated/α-hetero) is 1. The van der Waals surface area contributed by atoms with Crippen molar-refractivity contribution in [1.29, 1.82) is 0 Å². The predicted octanol–water partition coefficient (Wildman–Crippen LogP) is 5.04. The van der Waals surface area contributed by atoms with Gasteiger partial charge in [-0.05, 0) is 19.1 Å². The van der Waals surface area contributed by atoms with E-state index in [1.54, 1.807) is 0 Å². The third-order valence-corrected chi connectivity index (χ3v) is 4.49. The van der Waals surface area contributed by atoms with Crippen LogP contribution < -0.4 is 0 Å². The van der Waals surface area contributed by atoms with Gasteiger partial charge in [-0.3, -0.25) is 4.79 Å². The maximum Gasteiger partial charge on any atom is 0.471 e. The molecule has 4 nitrogen and oxygen atoms in total. The summed E-state index contributed by atoms with van der Waals surface area (Å²) in [6.45, 7) is 1.98. The van der Waals surface area contributed by atoms with Crippen LogP contribution in [0.3, 0.4) is 0 Å². The Morgan fingerprint density at radius 2 is 1.88 bits per heavy atom. The largest absolute Gasteiger partial charge is 0.471 e. The van der Waals surface area contributed by atoms with Gasteiger partial charge in [-0.25, -0.2) is 0 Å². The molecule has 3 rings (SSSR count). The number of carbonyl (C=O) groups is 1. The number of hydrogen-bond donors (Lipinski definition) is 0. The maximum atomic E-state index is 12.5. The Balaban J connectivity index is 1.67. The van der Waals surface area contributed by atoms with Crippen LogP contribution in [0.1, 0.15) is 21.8 Å². The summed E-state index contributed by atoms with van der Waals surface area (Å²) in [5, 5.41) is 3.32. The molecule has 2 aromatic carbocycles.